The smallest absolute Gasteiger partial charge is 0.177 e. The van der Waals surface area contributed by atoms with Gasteiger partial charge in [-0.2, -0.15) is 0 Å². The van der Waals surface area contributed by atoms with E-state index < -0.39 is 9.84 Å². The van der Waals surface area contributed by atoms with Gasteiger partial charge in [0.25, 0.3) is 0 Å². The fraction of sp³-hybridized carbons (Fsp3) is 0.100. The quantitative estimate of drug-likeness (QED) is 0.808. The lowest BCUT2D eigenvalue weighted by atomic mass is 10.2. The Labute approximate surface area is 96.2 Å². The highest BCUT2D eigenvalue weighted by atomic mass is 79.9. The minimum atomic E-state index is -3.23. The molecule has 0 saturated carbocycles. The van der Waals surface area contributed by atoms with Gasteiger partial charge in [0.05, 0.1) is 10.4 Å². The van der Waals surface area contributed by atoms with Gasteiger partial charge in [-0.1, -0.05) is 28.1 Å². The van der Waals surface area contributed by atoms with E-state index in [9.17, 15) is 8.42 Å². The summed E-state index contributed by atoms with van der Waals surface area (Å²) in [4.78, 5) is 4.36. The highest BCUT2D eigenvalue weighted by molar-refractivity contribution is 9.10. The van der Waals surface area contributed by atoms with Gasteiger partial charge < -0.3 is 0 Å². The molecule has 0 fully saturated rings. The summed E-state index contributed by atoms with van der Waals surface area (Å²) in [5.41, 5.74) is 0.509. The molecule has 0 spiro atoms. The number of rotatable bonds is 1. The van der Waals surface area contributed by atoms with Crippen molar-refractivity contribution in [2.24, 2.45) is 0 Å². The molecule has 0 aliphatic rings. The molecule has 0 bridgehead atoms. The number of pyridine rings is 1. The molecule has 0 radical (unpaired) electrons. The van der Waals surface area contributed by atoms with Gasteiger partial charge in [-0.3, -0.25) is 4.98 Å². The molecule has 2 aromatic rings. The van der Waals surface area contributed by atoms with Crippen molar-refractivity contribution < 1.29 is 8.42 Å². The van der Waals surface area contributed by atoms with Crippen LogP contribution in [0, 0.1) is 0 Å². The van der Waals surface area contributed by atoms with Crippen LogP contribution < -0.4 is 0 Å². The van der Waals surface area contributed by atoms with Crippen LogP contribution in [-0.2, 0) is 9.84 Å². The minimum absolute atomic E-state index is 0.265. The third kappa shape index (κ3) is 1.89. The number of fused-ring (bicyclic) bond motifs is 1. The van der Waals surface area contributed by atoms with Gasteiger partial charge in [0, 0.05) is 22.3 Å². The molecular formula is C10H8BrNO2S. The van der Waals surface area contributed by atoms with E-state index in [1.54, 1.807) is 24.4 Å². The van der Waals surface area contributed by atoms with Crippen LogP contribution in [0.25, 0.3) is 10.9 Å². The van der Waals surface area contributed by atoms with E-state index in [-0.39, 0.29) is 4.90 Å². The van der Waals surface area contributed by atoms with Crippen molar-refractivity contribution in [3.8, 4) is 0 Å². The molecule has 1 heterocycles. The van der Waals surface area contributed by atoms with E-state index in [2.05, 4.69) is 20.9 Å². The molecule has 1 aromatic heterocycles. The van der Waals surface area contributed by atoms with Gasteiger partial charge in [-0.15, -0.1) is 0 Å². The molecule has 0 aliphatic carbocycles. The topological polar surface area (TPSA) is 47.0 Å². The number of sulfone groups is 1. The zero-order chi connectivity index (χ0) is 11.1. The first kappa shape index (κ1) is 10.6. The van der Waals surface area contributed by atoms with Crippen molar-refractivity contribution in [2.75, 3.05) is 6.26 Å². The summed E-state index contributed by atoms with van der Waals surface area (Å²) in [5, 5.41) is 0.806. The van der Waals surface area contributed by atoms with Crippen LogP contribution in [0.2, 0.25) is 0 Å². The lowest BCUT2D eigenvalue weighted by molar-refractivity contribution is 0.602. The molecule has 0 saturated heterocycles. The third-order valence-corrected chi connectivity index (χ3v) is 3.90. The molecule has 5 heteroatoms. The normalized spacial score (nSPS) is 11.9. The number of hydrogen-bond acceptors (Lipinski definition) is 3. The molecule has 1 aromatic carbocycles. The Kier molecular flexibility index (Phi) is 2.52. The van der Waals surface area contributed by atoms with Gasteiger partial charge in [0.15, 0.2) is 9.84 Å². The van der Waals surface area contributed by atoms with Gasteiger partial charge in [-0.05, 0) is 12.1 Å². The molecule has 0 unspecified atom stereocenters. The standard InChI is InChI=1S/C10H8BrNO2S/c1-15(13,14)9-4-2-3-7-8(11)5-6-12-10(7)9/h2-6H,1H3. The summed E-state index contributed by atoms with van der Waals surface area (Å²) in [5.74, 6) is 0. The van der Waals surface area contributed by atoms with E-state index in [0.29, 0.717) is 5.52 Å². The van der Waals surface area contributed by atoms with E-state index in [1.165, 1.54) is 6.26 Å². The summed E-state index contributed by atoms with van der Waals surface area (Å²) < 4.78 is 23.9. The third-order valence-electron chi connectivity index (χ3n) is 2.08. The first-order valence-electron chi connectivity index (χ1n) is 4.23. The first-order chi connectivity index (χ1) is 7.00. The number of aromatic nitrogens is 1. The Bertz CT molecular complexity index is 622. The second-order valence-electron chi connectivity index (χ2n) is 3.22. The summed E-state index contributed by atoms with van der Waals surface area (Å²) in [6, 6.07) is 6.90. The van der Waals surface area contributed by atoms with Crippen molar-refractivity contribution in [3.05, 3.63) is 34.9 Å². The molecule has 0 amide bonds. The summed E-state index contributed by atoms with van der Waals surface area (Å²) in [7, 11) is -3.23. The van der Waals surface area contributed by atoms with Crippen LogP contribution in [0.5, 0.6) is 0 Å². The molecule has 0 atom stereocenters. The summed E-state index contributed by atoms with van der Waals surface area (Å²) in [6.45, 7) is 0. The number of hydrogen-bond donors (Lipinski definition) is 0. The fourth-order valence-electron chi connectivity index (χ4n) is 1.41. The van der Waals surface area contributed by atoms with E-state index >= 15 is 0 Å². The van der Waals surface area contributed by atoms with Crippen molar-refractivity contribution in [1.82, 2.24) is 4.98 Å². The molecule has 78 valence electrons. The zero-order valence-corrected chi connectivity index (χ0v) is 10.3. The minimum Gasteiger partial charge on any atom is -0.255 e. The van der Waals surface area contributed by atoms with Crippen molar-refractivity contribution in [1.29, 1.82) is 0 Å². The summed E-state index contributed by atoms with van der Waals surface area (Å²) in [6.07, 6.45) is 2.77. The van der Waals surface area contributed by atoms with Gasteiger partial charge in [-0.25, -0.2) is 8.42 Å². The number of benzene rings is 1. The monoisotopic (exact) mass is 285 g/mol. The second kappa shape index (κ2) is 3.57. The van der Waals surface area contributed by atoms with E-state index in [0.717, 1.165) is 9.86 Å². The Balaban J connectivity index is 2.96. The lowest BCUT2D eigenvalue weighted by Gasteiger charge is -2.04. The molecule has 2 rings (SSSR count). The molecule has 0 aliphatic heterocycles. The van der Waals surface area contributed by atoms with E-state index in [1.807, 2.05) is 6.07 Å². The summed E-state index contributed by atoms with van der Waals surface area (Å²) >= 11 is 3.36. The Morgan fingerprint density at radius 1 is 1.27 bits per heavy atom. The van der Waals surface area contributed by atoms with Gasteiger partial charge in [0.1, 0.15) is 0 Å². The average molecular weight is 286 g/mol. The zero-order valence-electron chi connectivity index (χ0n) is 7.94. The highest BCUT2D eigenvalue weighted by Gasteiger charge is 2.13. The molecule has 3 nitrogen and oxygen atoms in total. The van der Waals surface area contributed by atoms with Crippen LogP contribution >= 0.6 is 15.9 Å². The lowest BCUT2D eigenvalue weighted by Crippen LogP contribution is -1.99. The van der Waals surface area contributed by atoms with Crippen molar-refractivity contribution >= 4 is 36.7 Å². The Hall–Kier alpha value is -0.940. The molecule has 0 N–H and O–H groups in total. The van der Waals surface area contributed by atoms with Gasteiger partial charge in [0.2, 0.25) is 0 Å². The SMILES string of the molecule is CS(=O)(=O)c1cccc2c(Br)ccnc12. The Morgan fingerprint density at radius 2 is 2.00 bits per heavy atom. The van der Waals surface area contributed by atoms with Crippen LogP contribution in [0.1, 0.15) is 0 Å². The maximum absolute atomic E-state index is 11.5. The first-order valence-corrected chi connectivity index (χ1v) is 6.92. The average Bonchev–Trinajstić information content (AvgIpc) is 2.16. The maximum Gasteiger partial charge on any atom is 0.177 e. The van der Waals surface area contributed by atoms with Crippen LogP contribution in [-0.4, -0.2) is 19.7 Å². The molecular weight excluding hydrogens is 278 g/mol. The largest absolute Gasteiger partial charge is 0.255 e. The second-order valence-corrected chi connectivity index (χ2v) is 6.06. The van der Waals surface area contributed by atoms with E-state index in [4.69, 9.17) is 0 Å². The number of para-hydroxylation sites is 1. The number of halogens is 1. The van der Waals surface area contributed by atoms with Crippen LogP contribution in [0.15, 0.2) is 39.8 Å². The van der Waals surface area contributed by atoms with Crippen molar-refractivity contribution in [3.63, 3.8) is 0 Å². The van der Waals surface area contributed by atoms with Crippen LogP contribution in [0.3, 0.4) is 0 Å². The van der Waals surface area contributed by atoms with Crippen molar-refractivity contribution in [2.45, 2.75) is 4.90 Å². The Morgan fingerprint density at radius 3 is 2.67 bits per heavy atom. The fourth-order valence-corrected chi connectivity index (χ4v) is 2.69. The van der Waals surface area contributed by atoms with Gasteiger partial charge >= 0.3 is 0 Å². The predicted octanol–water partition coefficient (Wildman–Crippen LogP) is 2.40. The number of nitrogens with zero attached hydrogens (tertiary/aromatic N) is 1. The predicted molar refractivity (Wildman–Crippen MR) is 62.6 cm³/mol. The highest BCUT2D eigenvalue weighted by Crippen LogP contribution is 2.26. The maximum atomic E-state index is 11.5. The van der Waals surface area contributed by atoms with Crippen LogP contribution in [0.4, 0.5) is 0 Å². The molecule has 15 heavy (non-hydrogen) atoms.